The number of piperidine rings is 1. The van der Waals surface area contributed by atoms with Crippen molar-refractivity contribution in [3.63, 3.8) is 0 Å². The summed E-state index contributed by atoms with van der Waals surface area (Å²) < 4.78 is 19.5. The second kappa shape index (κ2) is 7.86. The lowest BCUT2D eigenvalue weighted by Crippen LogP contribution is -2.43. The number of carbonyl (C=O) groups is 1. The largest absolute Gasteiger partial charge is 0.372 e. The third-order valence-electron chi connectivity index (χ3n) is 4.15. The van der Waals surface area contributed by atoms with Gasteiger partial charge >= 0.3 is 0 Å². The van der Waals surface area contributed by atoms with Gasteiger partial charge in [-0.1, -0.05) is 6.07 Å². The van der Waals surface area contributed by atoms with Gasteiger partial charge in [0, 0.05) is 31.0 Å². The first-order valence-electron chi connectivity index (χ1n) is 8.16. The molecular weight excluding hydrogens is 321 g/mol. The third-order valence-corrected chi connectivity index (χ3v) is 4.15. The van der Waals surface area contributed by atoms with E-state index in [2.05, 4.69) is 4.98 Å². The maximum Gasteiger partial charge on any atom is 0.254 e. The second-order valence-electron chi connectivity index (χ2n) is 6.03. The van der Waals surface area contributed by atoms with Crippen LogP contribution in [0.2, 0.25) is 0 Å². The second-order valence-corrected chi connectivity index (χ2v) is 6.03. The average molecular weight is 339 g/mol. The summed E-state index contributed by atoms with van der Waals surface area (Å²) in [5.41, 5.74) is 1.32. The Kier molecular flexibility index (Phi) is 5.36. The van der Waals surface area contributed by atoms with Gasteiger partial charge in [0.05, 0.1) is 24.3 Å². The molecule has 128 valence electrons. The number of pyridine rings is 1. The fraction of sp³-hybridized carbons (Fsp3) is 0.316. The highest BCUT2D eigenvalue weighted by Crippen LogP contribution is 2.18. The van der Waals surface area contributed by atoms with Crippen LogP contribution in [0, 0.1) is 17.1 Å². The Morgan fingerprint density at radius 1 is 1.44 bits per heavy atom. The van der Waals surface area contributed by atoms with Crippen LogP contribution in [0.1, 0.15) is 34.3 Å². The molecule has 2 aromatic rings. The Balaban J connectivity index is 1.64. The van der Waals surface area contributed by atoms with Crippen LogP contribution < -0.4 is 0 Å². The number of hydrogen-bond acceptors (Lipinski definition) is 4. The topological polar surface area (TPSA) is 66.2 Å². The lowest BCUT2D eigenvalue weighted by molar-refractivity contribution is -0.00682. The van der Waals surface area contributed by atoms with Gasteiger partial charge in [-0.25, -0.2) is 4.39 Å². The van der Waals surface area contributed by atoms with Gasteiger partial charge in [-0.05, 0) is 42.7 Å². The van der Waals surface area contributed by atoms with E-state index >= 15 is 0 Å². The van der Waals surface area contributed by atoms with Gasteiger partial charge in [0.1, 0.15) is 5.82 Å². The van der Waals surface area contributed by atoms with E-state index in [1.165, 1.54) is 12.1 Å². The summed E-state index contributed by atoms with van der Waals surface area (Å²) in [6.45, 7) is 1.50. The molecule has 1 aliphatic rings. The molecule has 1 saturated heterocycles. The van der Waals surface area contributed by atoms with Crippen LogP contribution in [0.5, 0.6) is 0 Å². The predicted octanol–water partition coefficient (Wildman–Crippen LogP) is 2.91. The standard InChI is InChI=1S/C19H18FN3O2/c20-17-8-15(10-21)7-16(9-17)19(24)23-6-2-4-18(12-23)25-13-14-3-1-5-22-11-14/h1,3,5,7-9,11,18H,2,4,6,12-13H2/t18-/m1/s1. The van der Waals surface area contributed by atoms with E-state index in [-0.39, 0.29) is 23.1 Å². The Morgan fingerprint density at radius 3 is 3.08 bits per heavy atom. The van der Waals surface area contributed by atoms with Gasteiger partial charge in [-0.2, -0.15) is 5.26 Å². The number of rotatable bonds is 4. The molecule has 1 aromatic carbocycles. The van der Waals surface area contributed by atoms with E-state index in [0.717, 1.165) is 24.5 Å². The maximum atomic E-state index is 13.6. The van der Waals surface area contributed by atoms with Crippen molar-refractivity contribution in [2.75, 3.05) is 13.1 Å². The number of nitriles is 1. The first kappa shape index (κ1) is 17.1. The smallest absolute Gasteiger partial charge is 0.254 e. The molecule has 0 radical (unpaired) electrons. The molecule has 0 N–H and O–H groups in total. The van der Waals surface area contributed by atoms with Crippen LogP contribution in [0.25, 0.3) is 0 Å². The summed E-state index contributed by atoms with van der Waals surface area (Å²) in [6.07, 6.45) is 5.09. The van der Waals surface area contributed by atoms with Crippen molar-refractivity contribution >= 4 is 5.91 Å². The van der Waals surface area contributed by atoms with Crippen molar-refractivity contribution in [2.45, 2.75) is 25.6 Å². The van der Waals surface area contributed by atoms with Gasteiger partial charge < -0.3 is 9.64 Å². The van der Waals surface area contributed by atoms with Gasteiger partial charge in [-0.3, -0.25) is 9.78 Å². The normalized spacial score (nSPS) is 17.1. The molecule has 2 heterocycles. The van der Waals surface area contributed by atoms with Crippen molar-refractivity contribution in [1.29, 1.82) is 5.26 Å². The molecule has 1 aliphatic heterocycles. The van der Waals surface area contributed by atoms with Crippen LogP contribution >= 0.6 is 0 Å². The van der Waals surface area contributed by atoms with Crippen LogP contribution in [-0.4, -0.2) is 35.0 Å². The zero-order valence-corrected chi connectivity index (χ0v) is 13.7. The number of nitrogens with zero attached hydrogens (tertiary/aromatic N) is 3. The predicted molar refractivity (Wildman–Crippen MR) is 89.1 cm³/mol. The van der Waals surface area contributed by atoms with Gasteiger partial charge in [0.15, 0.2) is 0 Å². The van der Waals surface area contributed by atoms with E-state index in [0.29, 0.717) is 19.7 Å². The number of hydrogen-bond donors (Lipinski definition) is 0. The summed E-state index contributed by atoms with van der Waals surface area (Å²) in [5.74, 6) is -0.852. The van der Waals surface area contributed by atoms with Crippen LogP contribution in [0.15, 0.2) is 42.7 Å². The minimum Gasteiger partial charge on any atom is -0.372 e. The summed E-state index contributed by atoms with van der Waals surface area (Å²) in [7, 11) is 0. The molecular formula is C19H18FN3O2. The van der Waals surface area contributed by atoms with E-state index in [1.54, 1.807) is 17.3 Å². The zero-order valence-electron chi connectivity index (χ0n) is 13.7. The Hall–Kier alpha value is -2.78. The molecule has 25 heavy (non-hydrogen) atoms. The van der Waals surface area contributed by atoms with Gasteiger partial charge in [0.2, 0.25) is 0 Å². The highest BCUT2D eigenvalue weighted by molar-refractivity contribution is 5.94. The van der Waals surface area contributed by atoms with Crippen LogP contribution in [0.4, 0.5) is 4.39 Å². The quantitative estimate of drug-likeness (QED) is 0.859. The minimum absolute atomic E-state index is 0.0677. The van der Waals surface area contributed by atoms with Crippen molar-refractivity contribution in [2.24, 2.45) is 0 Å². The number of carbonyl (C=O) groups excluding carboxylic acids is 1. The molecule has 0 unspecified atom stereocenters. The number of benzene rings is 1. The molecule has 0 bridgehead atoms. The molecule has 0 aliphatic carbocycles. The van der Waals surface area contributed by atoms with Gasteiger partial charge in [0.25, 0.3) is 5.91 Å². The monoisotopic (exact) mass is 339 g/mol. The fourth-order valence-electron chi connectivity index (χ4n) is 2.92. The third kappa shape index (κ3) is 4.40. The highest BCUT2D eigenvalue weighted by atomic mass is 19.1. The Labute approximate surface area is 145 Å². The van der Waals surface area contributed by atoms with E-state index in [4.69, 9.17) is 10.00 Å². The van der Waals surface area contributed by atoms with Crippen LogP contribution in [-0.2, 0) is 11.3 Å². The van der Waals surface area contributed by atoms with E-state index in [1.807, 2.05) is 18.2 Å². The lowest BCUT2D eigenvalue weighted by Gasteiger charge is -2.32. The first-order valence-corrected chi connectivity index (χ1v) is 8.16. The molecule has 1 amide bonds. The number of amides is 1. The van der Waals surface area contributed by atoms with E-state index in [9.17, 15) is 9.18 Å². The zero-order chi connectivity index (χ0) is 17.6. The molecule has 0 spiro atoms. The molecule has 3 rings (SSSR count). The number of likely N-dealkylation sites (tertiary alicyclic amines) is 1. The SMILES string of the molecule is N#Cc1cc(F)cc(C(=O)N2CCC[C@@H](OCc3cccnc3)C2)c1. The molecule has 0 saturated carbocycles. The Bertz CT molecular complexity index is 789. The molecule has 1 fully saturated rings. The average Bonchev–Trinajstić information content (AvgIpc) is 2.66. The van der Waals surface area contributed by atoms with Crippen molar-refractivity contribution in [3.05, 3.63) is 65.2 Å². The first-order chi connectivity index (χ1) is 12.2. The molecule has 1 atom stereocenters. The summed E-state index contributed by atoms with van der Waals surface area (Å²) in [4.78, 5) is 18.3. The van der Waals surface area contributed by atoms with Crippen molar-refractivity contribution in [1.82, 2.24) is 9.88 Å². The molecule has 6 heteroatoms. The number of aromatic nitrogens is 1. The minimum atomic E-state index is -0.580. The van der Waals surface area contributed by atoms with Crippen molar-refractivity contribution in [3.8, 4) is 6.07 Å². The van der Waals surface area contributed by atoms with Crippen molar-refractivity contribution < 1.29 is 13.9 Å². The summed E-state index contributed by atoms with van der Waals surface area (Å²) >= 11 is 0. The highest BCUT2D eigenvalue weighted by Gasteiger charge is 2.25. The fourth-order valence-corrected chi connectivity index (χ4v) is 2.92. The molecule has 5 nitrogen and oxygen atoms in total. The van der Waals surface area contributed by atoms with E-state index < -0.39 is 5.82 Å². The number of halogens is 1. The maximum absolute atomic E-state index is 13.6. The summed E-state index contributed by atoms with van der Waals surface area (Å²) in [5, 5.41) is 8.93. The number of ether oxygens (including phenoxy) is 1. The van der Waals surface area contributed by atoms with Crippen LogP contribution in [0.3, 0.4) is 0 Å². The molecule has 1 aromatic heterocycles. The summed E-state index contributed by atoms with van der Waals surface area (Å²) in [6, 6.07) is 9.37. The van der Waals surface area contributed by atoms with Gasteiger partial charge in [-0.15, -0.1) is 0 Å². The lowest BCUT2D eigenvalue weighted by atomic mass is 10.1. The Morgan fingerprint density at radius 2 is 2.32 bits per heavy atom.